The second-order valence-electron chi connectivity index (χ2n) is 7.89. The van der Waals surface area contributed by atoms with Crippen LogP contribution in [0, 0.1) is 6.92 Å². The van der Waals surface area contributed by atoms with Gasteiger partial charge in [-0.2, -0.15) is 0 Å². The van der Waals surface area contributed by atoms with E-state index in [0.29, 0.717) is 11.4 Å². The highest BCUT2D eigenvalue weighted by Gasteiger charge is 2.13. The lowest BCUT2D eigenvalue weighted by Gasteiger charge is -2.15. The fourth-order valence-corrected chi connectivity index (χ4v) is 3.65. The molecule has 0 spiro atoms. The molecule has 0 radical (unpaired) electrons. The highest BCUT2D eigenvalue weighted by Crippen LogP contribution is 2.16. The number of hydrogen-bond acceptors (Lipinski definition) is 6. The summed E-state index contributed by atoms with van der Waals surface area (Å²) < 4.78 is 6.08. The molecule has 9 heteroatoms. The number of anilines is 2. The average Bonchev–Trinajstić information content (AvgIpc) is 3.42. The van der Waals surface area contributed by atoms with Gasteiger partial charge in [-0.15, -0.1) is 0 Å². The SMILES string of the molecule is Cc1cc(NC(=O)Cn2cc(C(=O)Nc3ccc(CN4CCCC4)cc3)ccc2=O)no1. The molecule has 0 bridgehead atoms. The van der Waals surface area contributed by atoms with Gasteiger partial charge in [0.1, 0.15) is 12.3 Å². The lowest BCUT2D eigenvalue weighted by molar-refractivity contribution is -0.116. The number of aryl methyl sites for hydroxylation is 1. The zero-order valence-corrected chi connectivity index (χ0v) is 17.8. The molecular weight excluding hydrogens is 410 g/mol. The predicted molar refractivity (Wildman–Crippen MR) is 119 cm³/mol. The van der Waals surface area contributed by atoms with Gasteiger partial charge in [-0.1, -0.05) is 17.3 Å². The quantitative estimate of drug-likeness (QED) is 0.591. The van der Waals surface area contributed by atoms with Crippen LogP contribution in [0.2, 0.25) is 0 Å². The van der Waals surface area contributed by atoms with Gasteiger partial charge in [0, 0.05) is 30.6 Å². The lowest BCUT2D eigenvalue weighted by atomic mass is 10.2. The first-order valence-corrected chi connectivity index (χ1v) is 10.5. The third-order valence-corrected chi connectivity index (χ3v) is 5.27. The number of rotatable bonds is 7. The standard InChI is InChI=1S/C23H25N5O4/c1-16-12-20(26-32-16)25-21(29)15-28-14-18(6-9-22(28)30)23(31)24-19-7-4-17(5-8-19)13-27-10-2-3-11-27/h4-9,12,14H,2-3,10-11,13,15H2,1H3,(H,24,31)(H,25,26,29). The van der Waals surface area contributed by atoms with Crippen LogP contribution in [0.4, 0.5) is 11.5 Å². The second kappa shape index (κ2) is 9.61. The number of carbonyl (C=O) groups is 2. The normalized spacial score (nSPS) is 13.8. The smallest absolute Gasteiger partial charge is 0.257 e. The molecular formula is C23H25N5O4. The van der Waals surface area contributed by atoms with Crippen molar-refractivity contribution in [2.75, 3.05) is 23.7 Å². The Labute approximate surface area is 185 Å². The fourth-order valence-electron chi connectivity index (χ4n) is 3.65. The Kier molecular flexibility index (Phi) is 6.46. The minimum atomic E-state index is -0.452. The summed E-state index contributed by atoms with van der Waals surface area (Å²) in [5, 5.41) is 9.07. The van der Waals surface area contributed by atoms with Gasteiger partial charge in [-0.25, -0.2) is 0 Å². The van der Waals surface area contributed by atoms with E-state index in [2.05, 4.69) is 20.7 Å². The van der Waals surface area contributed by atoms with Gasteiger partial charge >= 0.3 is 0 Å². The summed E-state index contributed by atoms with van der Waals surface area (Å²) >= 11 is 0. The second-order valence-corrected chi connectivity index (χ2v) is 7.89. The molecule has 0 aliphatic carbocycles. The van der Waals surface area contributed by atoms with Crippen molar-refractivity contribution in [2.45, 2.75) is 32.9 Å². The van der Waals surface area contributed by atoms with Crippen LogP contribution in [-0.4, -0.2) is 39.5 Å². The average molecular weight is 435 g/mol. The number of hydrogen-bond donors (Lipinski definition) is 2. The third-order valence-electron chi connectivity index (χ3n) is 5.27. The zero-order valence-electron chi connectivity index (χ0n) is 17.8. The Morgan fingerprint density at radius 3 is 2.50 bits per heavy atom. The zero-order chi connectivity index (χ0) is 22.5. The summed E-state index contributed by atoms with van der Waals surface area (Å²) in [6.07, 6.45) is 3.86. The van der Waals surface area contributed by atoms with Crippen molar-refractivity contribution in [3.8, 4) is 0 Å². The highest BCUT2D eigenvalue weighted by atomic mass is 16.5. The van der Waals surface area contributed by atoms with Crippen LogP contribution in [0.5, 0.6) is 0 Å². The summed E-state index contributed by atoms with van der Waals surface area (Å²) in [5.74, 6) is 0.00737. The first kappa shape index (κ1) is 21.5. The summed E-state index contributed by atoms with van der Waals surface area (Å²) in [4.78, 5) is 39.4. The van der Waals surface area contributed by atoms with Crippen molar-refractivity contribution in [1.29, 1.82) is 0 Å². The molecule has 1 saturated heterocycles. The molecule has 9 nitrogen and oxygen atoms in total. The Morgan fingerprint density at radius 2 is 1.81 bits per heavy atom. The van der Waals surface area contributed by atoms with Gasteiger partial charge in [0.2, 0.25) is 5.91 Å². The van der Waals surface area contributed by atoms with Crippen molar-refractivity contribution in [3.63, 3.8) is 0 Å². The molecule has 166 valence electrons. The maximum Gasteiger partial charge on any atom is 0.257 e. The molecule has 3 heterocycles. The molecule has 1 aliphatic heterocycles. The van der Waals surface area contributed by atoms with Gasteiger partial charge in [0.15, 0.2) is 5.82 Å². The molecule has 1 aromatic carbocycles. The number of nitrogens with one attached hydrogen (secondary N) is 2. The van der Waals surface area contributed by atoms with E-state index in [9.17, 15) is 14.4 Å². The van der Waals surface area contributed by atoms with Crippen LogP contribution in [0.25, 0.3) is 0 Å². The van der Waals surface area contributed by atoms with E-state index in [1.807, 2.05) is 24.3 Å². The monoisotopic (exact) mass is 435 g/mol. The van der Waals surface area contributed by atoms with Crippen molar-refractivity contribution in [1.82, 2.24) is 14.6 Å². The van der Waals surface area contributed by atoms with Crippen LogP contribution in [0.3, 0.4) is 0 Å². The van der Waals surface area contributed by atoms with Crippen LogP contribution in [-0.2, 0) is 17.9 Å². The van der Waals surface area contributed by atoms with Crippen LogP contribution in [0.15, 0.2) is 58.0 Å². The molecule has 0 unspecified atom stereocenters. The highest BCUT2D eigenvalue weighted by molar-refractivity contribution is 6.04. The van der Waals surface area contributed by atoms with Crippen molar-refractivity contribution in [2.24, 2.45) is 0 Å². The molecule has 0 saturated carbocycles. The largest absolute Gasteiger partial charge is 0.360 e. The molecule has 32 heavy (non-hydrogen) atoms. The number of likely N-dealkylation sites (tertiary alicyclic amines) is 1. The minimum Gasteiger partial charge on any atom is -0.360 e. The maximum atomic E-state index is 12.7. The molecule has 1 fully saturated rings. The number of nitrogens with zero attached hydrogens (tertiary/aromatic N) is 3. The number of pyridine rings is 1. The van der Waals surface area contributed by atoms with Crippen LogP contribution < -0.4 is 16.2 Å². The Hall–Kier alpha value is -3.72. The lowest BCUT2D eigenvalue weighted by Crippen LogP contribution is -2.28. The summed E-state index contributed by atoms with van der Waals surface area (Å²) in [5.41, 5.74) is 1.75. The first-order chi connectivity index (χ1) is 15.5. The summed E-state index contributed by atoms with van der Waals surface area (Å²) in [7, 11) is 0. The molecule has 3 aromatic rings. The summed E-state index contributed by atoms with van der Waals surface area (Å²) in [6, 6.07) is 12.0. The van der Waals surface area contributed by atoms with Crippen molar-refractivity contribution in [3.05, 3.63) is 75.9 Å². The molecule has 4 rings (SSSR count). The van der Waals surface area contributed by atoms with Gasteiger partial charge in [0.05, 0.1) is 5.56 Å². The van der Waals surface area contributed by atoms with Gasteiger partial charge in [-0.3, -0.25) is 19.3 Å². The topological polar surface area (TPSA) is 109 Å². The predicted octanol–water partition coefficient (Wildman–Crippen LogP) is 2.63. The molecule has 1 aliphatic rings. The van der Waals surface area contributed by atoms with Crippen molar-refractivity contribution >= 4 is 23.3 Å². The number of carbonyl (C=O) groups excluding carboxylic acids is 2. The molecule has 2 amide bonds. The van der Waals surface area contributed by atoms with E-state index >= 15 is 0 Å². The number of benzene rings is 1. The Bertz CT molecular complexity index is 1160. The van der Waals surface area contributed by atoms with Crippen molar-refractivity contribution < 1.29 is 14.1 Å². The fraction of sp³-hybridized carbons (Fsp3) is 0.304. The number of amides is 2. The molecule has 2 N–H and O–H groups in total. The van der Waals surface area contributed by atoms with E-state index in [1.54, 1.807) is 13.0 Å². The number of aromatic nitrogens is 2. The van der Waals surface area contributed by atoms with Crippen LogP contribution >= 0.6 is 0 Å². The van der Waals surface area contributed by atoms with Crippen LogP contribution in [0.1, 0.15) is 34.5 Å². The summed E-state index contributed by atoms with van der Waals surface area (Å²) in [6.45, 7) is 4.62. The minimum absolute atomic E-state index is 0.253. The Balaban J connectivity index is 1.38. The van der Waals surface area contributed by atoms with Gasteiger partial charge in [0.25, 0.3) is 11.5 Å². The van der Waals surface area contributed by atoms with E-state index in [-0.39, 0.29) is 29.4 Å². The Morgan fingerprint density at radius 1 is 1.06 bits per heavy atom. The van der Waals surface area contributed by atoms with E-state index in [4.69, 9.17) is 4.52 Å². The van der Waals surface area contributed by atoms with E-state index in [0.717, 1.165) is 19.6 Å². The first-order valence-electron chi connectivity index (χ1n) is 10.5. The molecule has 0 atom stereocenters. The van der Waals surface area contributed by atoms with Gasteiger partial charge < -0.3 is 19.7 Å². The van der Waals surface area contributed by atoms with Gasteiger partial charge in [-0.05, 0) is 56.6 Å². The van der Waals surface area contributed by atoms with E-state index in [1.165, 1.54) is 41.3 Å². The maximum absolute atomic E-state index is 12.7. The molecule has 2 aromatic heterocycles. The third kappa shape index (κ3) is 5.50. The van der Waals surface area contributed by atoms with E-state index < -0.39 is 5.91 Å².